The first-order chi connectivity index (χ1) is 19.5. The number of fused-ring (bicyclic) bond motifs is 1. The zero-order valence-corrected chi connectivity index (χ0v) is 23.6. The monoisotopic (exact) mass is 634 g/mol. The lowest BCUT2D eigenvalue weighted by Crippen LogP contribution is -2.27. The molecule has 4 heterocycles. The summed E-state index contributed by atoms with van der Waals surface area (Å²) in [6.07, 6.45) is -4.56. The fourth-order valence-electron chi connectivity index (χ4n) is 4.70. The highest BCUT2D eigenvalue weighted by Gasteiger charge is 2.38. The number of carbonyl (C=O) groups excluding carboxylic acids is 1. The van der Waals surface area contributed by atoms with Crippen molar-refractivity contribution in [2.24, 2.45) is 5.10 Å². The van der Waals surface area contributed by atoms with Gasteiger partial charge in [-0.1, -0.05) is 59.1 Å². The van der Waals surface area contributed by atoms with Gasteiger partial charge in [0.2, 0.25) is 0 Å². The molecule has 1 atom stereocenters. The summed E-state index contributed by atoms with van der Waals surface area (Å²) in [6.45, 7) is 0. The van der Waals surface area contributed by atoms with Crippen molar-refractivity contribution < 1.29 is 23.1 Å². The number of phenolic OH excluding ortho intramolecular Hbond substituents is 1. The number of thiophene rings is 1. The van der Waals surface area contributed by atoms with Crippen LogP contribution in [0.5, 0.6) is 5.75 Å². The topological polar surface area (TPSA) is 70.2 Å². The second-order valence-electron chi connectivity index (χ2n) is 9.20. The zero-order chi connectivity index (χ0) is 29.1. The van der Waals surface area contributed by atoms with E-state index in [1.54, 1.807) is 48.5 Å². The Hall–Kier alpha value is -3.57. The average molecular weight is 636 g/mol. The second kappa shape index (κ2) is 10.4. The minimum atomic E-state index is -4.76. The smallest absolute Gasteiger partial charge is 0.433 e. The Morgan fingerprint density at radius 3 is 2.41 bits per heavy atom. The maximum Gasteiger partial charge on any atom is 0.433 e. The van der Waals surface area contributed by atoms with Crippen molar-refractivity contribution in [3.63, 3.8) is 0 Å². The number of carbonyl (C=O) groups is 1. The molecule has 0 aliphatic carbocycles. The van der Waals surface area contributed by atoms with Gasteiger partial charge in [0.1, 0.15) is 11.4 Å². The highest BCUT2D eigenvalue weighted by molar-refractivity contribution is 7.19. The van der Waals surface area contributed by atoms with Crippen LogP contribution in [0.1, 0.15) is 39.8 Å². The number of hydrogen-bond donors (Lipinski definition) is 1. The fourth-order valence-corrected chi connectivity index (χ4v) is 6.02. The SMILES string of the molecule is O=C(c1cc2cc(-c3ccc(Cl)s3)cc(C(F)(F)F)n2n1)N1N=C(c2ccc(Cl)c(Cl)c2)C[C@@H]1c1ccccc1O. The lowest BCUT2D eigenvalue weighted by Gasteiger charge is -2.21. The molecule has 5 aromatic rings. The number of hydrogen-bond acceptors (Lipinski definition) is 5. The van der Waals surface area contributed by atoms with Gasteiger partial charge in [-0.2, -0.15) is 23.4 Å². The zero-order valence-electron chi connectivity index (χ0n) is 20.5. The number of pyridine rings is 1. The molecular formula is C28H16Cl3F3N4O2S. The van der Waals surface area contributed by atoms with Gasteiger partial charge in [0.25, 0.3) is 5.91 Å². The molecule has 1 amide bonds. The number of phenols is 1. The summed E-state index contributed by atoms with van der Waals surface area (Å²) in [7, 11) is 0. The molecule has 6 rings (SSSR count). The lowest BCUT2D eigenvalue weighted by molar-refractivity contribution is -0.142. The third kappa shape index (κ3) is 5.17. The molecule has 0 spiro atoms. The van der Waals surface area contributed by atoms with Crippen molar-refractivity contribution in [2.75, 3.05) is 0 Å². The van der Waals surface area contributed by atoms with Crippen LogP contribution in [-0.4, -0.2) is 31.3 Å². The van der Waals surface area contributed by atoms with Crippen LogP contribution >= 0.6 is 46.1 Å². The van der Waals surface area contributed by atoms with Gasteiger partial charge in [-0.25, -0.2) is 9.52 Å². The summed E-state index contributed by atoms with van der Waals surface area (Å²) in [5.41, 5.74) is 0.536. The maximum atomic E-state index is 14.1. The molecule has 0 bridgehead atoms. The number of halogens is 6. The lowest BCUT2D eigenvalue weighted by atomic mass is 9.97. The predicted molar refractivity (Wildman–Crippen MR) is 153 cm³/mol. The maximum absolute atomic E-state index is 14.1. The first-order valence-corrected chi connectivity index (χ1v) is 14.0. The molecule has 1 N–H and O–H groups in total. The molecule has 2 aromatic carbocycles. The third-order valence-electron chi connectivity index (χ3n) is 6.59. The Bertz CT molecular complexity index is 1870. The molecule has 0 radical (unpaired) electrons. The standard InChI is InChI=1S/C28H16Cl3F3N4O2S/c29-18-6-5-14(10-19(18)30)20-13-22(17-3-1-2-4-23(17)39)38(35-20)27(40)21-12-16-9-15(24-7-8-26(31)41-24)11-25(28(32,33)34)37(16)36-21/h1-12,22,39H,13H2/t22-/m1/s1. The molecule has 208 valence electrons. The molecule has 1 aliphatic rings. The molecule has 6 nitrogen and oxygen atoms in total. The summed E-state index contributed by atoms with van der Waals surface area (Å²) < 4.78 is 43.5. The van der Waals surface area contributed by atoms with Gasteiger partial charge >= 0.3 is 6.18 Å². The minimum Gasteiger partial charge on any atom is -0.508 e. The second-order valence-corrected chi connectivity index (χ2v) is 11.7. The number of aromatic nitrogens is 2. The minimum absolute atomic E-state index is 0.0606. The number of rotatable bonds is 4. The quantitative estimate of drug-likeness (QED) is 0.215. The van der Waals surface area contributed by atoms with E-state index in [-0.39, 0.29) is 28.9 Å². The van der Waals surface area contributed by atoms with Crippen LogP contribution in [0.25, 0.3) is 16.0 Å². The van der Waals surface area contributed by atoms with Gasteiger partial charge in [-0.15, -0.1) is 11.3 Å². The number of hydrazone groups is 1. The van der Waals surface area contributed by atoms with Gasteiger partial charge in [-0.05, 0) is 59.7 Å². The van der Waals surface area contributed by atoms with Gasteiger partial charge in [0.05, 0.1) is 31.7 Å². The van der Waals surface area contributed by atoms with E-state index >= 15 is 0 Å². The Labute approximate surface area is 249 Å². The fraction of sp³-hybridized carbons (Fsp3) is 0.107. The van der Waals surface area contributed by atoms with Crippen LogP contribution in [0, 0.1) is 0 Å². The van der Waals surface area contributed by atoms with E-state index in [0.717, 1.165) is 22.4 Å². The summed E-state index contributed by atoms with van der Waals surface area (Å²) in [4.78, 5) is 14.4. The molecule has 1 aliphatic heterocycles. The van der Waals surface area contributed by atoms with Gasteiger partial charge in [-0.3, -0.25) is 4.79 Å². The van der Waals surface area contributed by atoms with Crippen LogP contribution in [-0.2, 0) is 6.18 Å². The number of aromatic hydroxyl groups is 1. The van der Waals surface area contributed by atoms with Crippen molar-refractivity contribution in [3.05, 3.63) is 110 Å². The number of nitrogens with zero attached hydrogens (tertiary/aromatic N) is 4. The first kappa shape index (κ1) is 27.6. The molecule has 0 unspecified atom stereocenters. The third-order valence-corrected chi connectivity index (χ3v) is 8.61. The van der Waals surface area contributed by atoms with E-state index in [4.69, 9.17) is 34.8 Å². The van der Waals surface area contributed by atoms with Crippen LogP contribution in [0.2, 0.25) is 14.4 Å². The van der Waals surface area contributed by atoms with Crippen molar-refractivity contribution in [1.29, 1.82) is 0 Å². The molecular weight excluding hydrogens is 620 g/mol. The number of alkyl halides is 3. The van der Waals surface area contributed by atoms with E-state index in [1.165, 1.54) is 18.2 Å². The summed E-state index contributed by atoms with van der Waals surface area (Å²) in [5.74, 6) is -0.805. The Morgan fingerprint density at radius 1 is 0.951 bits per heavy atom. The van der Waals surface area contributed by atoms with E-state index in [0.29, 0.717) is 40.6 Å². The highest BCUT2D eigenvalue weighted by atomic mass is 35.5. The molecule has 3 aromatic heterocycles. The Morgan fingerprint density at radius 2 is 1.73 bits per heavy atom. The number of amides is 1. The Balaban J connectivity index is 1.46. The van der Waals surface area contributed by atoms with Crippen molar-refractivity contribution >= 4 is 63.3 Å². The molecule has 0 saturated carbocycles. The summed E-state index contributed by atoms with van der Waals surface area (Å²) in [6, 6.07) is 17.6. The van der Waals surface area contributed by atoms with E-state index in [1.807, 2.05) is 0 Å². The van der Waals surface area contributed by atoms with Crippen molar-refractivity contribution in [1.82, 2.24) is 14.6 Å². The molecule has 0 saturated heterocycles. The van der Waals surface area contributed by atoms with Gasteiger partial charge in [0.15, 0.2) is 5.69 Å². The first-order valence-electron chi connectivity index (χ1n) is 12.0. The molecule has 41 heavy (non-hydrogen) atoms. The van der Waals surface area contributed by atoms with Crippen LogP contribution in [0.4, 0.5) is 13.2 Å². The number of benzene rings is 2. The molecule has 13 heteroatoms. The van der Waals surface area contributed by atoms with Gasteiger partial charge in [0, 0.05) is 16.9 Å². The summed E-state index contributed by atoms with van der Waals surface area (Å²) in [5, 5.41) is 20.9. The Kier molecular flexibility index (Phi) is 6.97. The average Bonchev–Trinajstić information content (AvgIpc) is 3.67. The van der Waals surface area contributed by atoms with E-state index < -0.39 is 23.8 Å². The predicted octanol–water partition coefficient (Wildman–Crippen LogP) is 8.74. The summed E-state index contributed by atoms with van der Waals surface area (Å²) >= 11 is 19.4. The van der Waals surface area contributed by atoms with E-state index in [9.17, 15) is 23.1 Å². The largest absolute Gasteiger partial charge is 0.508 e. The number of para-hydroxylation sites is 1. The van der Waals surface area contributed by atoms with E-state index in [2.05, 4.69) is 10.2 Å². The normalized spacial score (nSPS) is 15.5. The van der Waals surface area contributed by atoms with Crippen molar-refractivity contribution in [3.8, 4) is 16.2 Å². The van der Waals surface area contributed by atoms with Crippen LogP contribution in [0.3, 0.4) is 0 Å². The molecule has 0 fully saturated rings. The van der Waals surface area contributed by atoms with Crippen LogP contribution in [0.15, 0.2) is 77.9 Å². The van der Waals surface area contributed by atoms with Crippen molar-refractivity contribution in [2.45, 2.75) is 18.6 Å². The highest BCUT2D eigenvalue weighted by Crippen LogP contribution is 2.40. The van der Waals surface area contributed by atoms with Crippen LogP contribution < -0.4 is 0 Å². The van der Waals surface area contributed by atoms with Gasteiger partial charge < -0.3 is 5.11 Å².